The minimum Gasteiger partial charge on any atom is -0.497 e. The van der Waals surface area contributed by atoms with Gasteiger partial charge in [0.25, 0.3) is 0 Å². The summed E-state index contributed by atoms with van der Waals surface area (Å²) in [5, 5.41) is 4.95. The lowest BCUT2D eigenvalue weighted by Gasteiger charge is -2.21. The van der Waals surface area contributed by atoms with Gasteiger partial charge in [0, 0.05) is 21.5 Å². The largest absolute Gasteiger partial charge is 0.497 e. The summed E-state index contributed by atoms with van der Waals surface area (Å²) in [5.74, 6) is 0.830. The molecule has 0 bridgehead atoms. The van der Waals surface area contributed by atoms with Crippen molar-refractivity contribution >= 4 is 38.5 Å². The van der Waals surface area contributed by atoms with Crippen molar-refractivity contribution in [1.29, 1.82) is 0 Å². The van der Waals surface area contributed by atoms with Crippen molar-refractivity contribution in [3.05, 3.63) is 22.7 Å². The van der Waals surface area contributed by atoms with Gasteiger partial charge in [-0.05, 0) is 24.0 Å². The van der Waals surface area contributed by atoms with Crippen LogP contribution in [0.25, 0.3) is 0 Å². The Morgan fingerprint density at radius 1 is 1.40 bits per heavy atom. The van der Waals surface area contributed by atoms with E-state index in [1.54, 1.807) is 7.11 Å². The van der Waals surface area contributed by atoms with Gasteiger partial charge in [0.05, 0.1) is 13.7 Å². The van der Waals surface area contributed by atoms with Crippen molar-refractivity contribution in [1.82, 2.24) is 0 Å². The van der Waals surface area contributed by atoms with Crippen LogP contribution in [0.15, 0.2) is 27.7 Å². The maximum absolute atomic E-state index is 5.27. The molecule has 1 aromatic carbocycles. The number of rotatable bonds is 3. The second kappa shape index (κ2) is 6.39. The minimum atomic E-state index is 0.349. The fourth-order valence-corrected chi connectivity index (χ4v) is 4.00. The van der Waals surface area contributed by atoms with Gasteiger partial charge in [0.15, 0.2) is 5.17 Å². The molecule has 0 amide bonds. The molecular weight excluding hydrogens is 336 g/mol. The van der Waals surface area contributed by atoms with Crippen LogP contribution in [0.3, 0.4) is 0 Å². The molecule has 0 radical (unpaired) electrons. The number of aliphatic imine (C=N–C) groups is 1. The number of amidine groups is 1. The zero-order valence-electron chi connectivity index (χ0n) is 12.4. The molecule has 2 rings (SSSR count). The molecule has 1 atom stereocenters. The molecule has 5 heteroatoms. The summed E-state index contributed by atoms with van der Waals surface area (Å²) in [7, 11) is 1.67. The van der Waals surface area contributed by atoms with Crippen molar-refractivity contribution in [3.8, 4) is 5.75 Å². The predicted octanol–water partition coefficient (Wildman–Crippen LogP) is 4.78. The monoisotopic (exact) mass is 356 g/mol. The molecule has 3 nitrogen and oxygen atoms in total. The van der Waals surface area contributed by atoms with E-state index >= 15 is 0 Å². The maximum Gasteiger partial charge on any atom is 0.161 e. The van der Waals surface area contributed by atoms with E-state index in [0.717, 1.165) is 27.6 Å². The number of thioether (sulfide) groups is 1. The highest BCUT2D eigenvalue weighted by Crippen LogP contribution is 2.33. The van der Waals surface area contributed by atoms with Crippen LogP contribution in [-0.4, -0.2) is 24.1 Å². The van der Waals surface area contributed by atoms with E-state index in [-0.39, 0.29) is 0 Å². The Morgan fingerprint density at radius 2 is 2.15 bits per heavy atom. The van der Waals surface area contributed by atoms with Crippen LogP contribution in [0.2, 0.25) is 0 Å². The molecule has 0 spiro atoms. The first-order chi connectivity index (χ1) is 9.35. The third kappa shape index (κ3) is 4.70. The van der Waals surface area contributed by atoms with Crippen LogP contribution in [-0.2, 0) is 0 Å². The second-order valence-electron chi connectivity index (χ2n) is 6.16. The van der Waals surface area contributed by atoms with Crippen LogP contribution in [0.5, 0.6) is 5.75 Å². The Balaban J connectivity index is 1.97. The molecule has 0 saturated carbocycles. The molecule has 1 unspecified atom stereocenters. The first kappa shape index (κ1) is 15.7. The van der Waals surface area contributed by atoms with Gasteiger partial charge < -0.3 is 10.1 Å². The zero-order valence-corrected chi connectivity index (χ0v) is 14.8. The Morgan fingerprint density at radius 3 is 2.80 bits per heavy atom. The van der Waals surface area contributed by atoms with Crippen LogP contribution in [0.1, 0.15) is 27.2 Å². The fourth-order valence-electron chi connectivity index (χ4n) is 2.15. The highest BCUT2D eigenvalue weighted by atomic mass is 79.9. The summed E-state index contributed by atoms with van der Waals surface area (Å²) in [6.07, 6.45) is 1.17. The average molecular weight is 357 g/mol. The summed E-state index contributed by atoms with van der Waals surface area (Å²) < 4.78 is 6.27. The molecule has 1 aromatic rings. The lowest BCUT2D eigenvalue weighted by molar-refractivity contribution is 0.375. The smallest absolute Gasteiger partial charge is 0.161 e. The molecule has 0 aliphatic carbocycles. The van der Waals surface area contributed by atoms with Crippen LogP contribution >= 0.6 is 27.7 Å². The van der Waals surface area contributed by atoms with Crippen molar-refractivity contribution in [2.24, 2.45) is 10.4 Å². The average Bonchev–Trinajstić information content (AvgIpc) is 2.73. The number of ether oxygens (including phenoxy) is 1. The molecule has 0 aromatic heterocycles. The lowest BCUT2D eigenvalue weighted by Crippen LogP contribution is -2.16. The molecule has 1 heterocycles. The summed E-state index contributed by atoms with van der Waals surface area (Å²) in [6.45, 7) is 7.73. The third-order valence-corrected chi connectivity index (χ3v) is 4.48. The quantitative estimate of drug-likeness (QED) is 0.845. The van der Waals surface area contributed by atoms with Crippen LogP contribution < -0.4 is 10.1 Å². The van der Waals surface area contributed by atoms with E-state index in [1.807, 2.05) is 30.0 Å². The van der Waals surface area contributed by atoms with Gasteiger partial charge in [0.2, 0.25) is 0 Å². The number of nitrogens with one attached hydrogen (secondary N) is 1. The first-order valence-corrected chi connectivity index (χ1v) is 8.36. The molecule has 0 fully saturated rings. The highest BCUT2D eigenvalue weighted by Gasteiger charge is 2.25. The minimum absolute atomic E-state index is 0.349. The third-order valence-electron chi connectivity index (χ3n) is 2.92. The van der Waals surface area contributed by atoms with Gasteiger partial charge in [-0.2, -0.15) is 0 Å². The van der Waals surface area contributed by atoms with Crippen molar-refractivity contribution < 1.29 is 4.74 Å². The molecular formula is C15H21BrN2OS. The number of nitrogens with zero attached hydrogens (tertiary/aromatic N) is 1. The van der Waals surface area contributed by atoms with E-state index in [0.29, 0.717) is 10.7 Å². The Bertz CT molecular complexity index is 511. The summed E-state index contributed by atoms with van der Waals surface area (Å²) in [5.41, 5.74) is 1.35. The van der Waals surface area contributed by atoms with Gasteiger partial charge in [-0.1, -0.05) is 48.5 Å². The standard InChI is InChI=1S/C15H21BrN2OS/c1-15(2,3)8-13-9-17-14(20-13)18-11-5-10(16)6-12(7-11)19-4/h5-7,13H,8-9H2,1-4H3,(H,17,18). The molecule has 110 valence electrons. The van der Waals surface area contributed by atoms with E-state index in [9.17, 15) is 0 Å². The normalized spacial score (nSPS) is 18.9. The first-order valence-electron chi connectivity index (χ1n) is 6.68. The molecule has 1 N–H and O–H groups in total. The van der Waals surface area contributed by atoms with Crippen molar-refractivity contribution in [2.75, 3.05) is 19.0 Å². The highest BCUT2D eigenvalue weighted by molar-refractivity contribution is 9.10. The van der Waals surface area contributed by atoms with Gasteiger partial charge in [-0.25, -0.2) is 0 Å². The molecule has 20 heavy (non-hydrogen) atoms. The Labute approximate surface area is 133 Å². The van der Waals surface area contributed by atoms with Gasteiger partial charge >= 0.3 is 0 Å². The molecule has 1 aliphatic heterocycles. The number of hydrogen-bond acceptors (Lipinski definition) is 4. The van der Waals surface area contributed by atoms with Crippen LogP contribution in [0.4, 0.5) is 5.69 Å². The SMILES string of the molecule is COc1cc(Br)cc(NC2=NCC(CC(C)(C)C)S2)c1. The summed E-state index contributed by atoms with van der Waals surface area (Å²) >= 11 is 5.32. The van der Waals surface area contributed by atoms with Crippen molar-refractivity contribution in [2.45, 2.75) is 32.4 Å². The van der Waals surface area contributed by atoms with Gasteiger partial charge in [0.1, 0.15) is 5.75 Å². The molecule has 0 saturated heterocycles. The van der Waals surface area contributed by atoms with Crippen molar-refractivity contribution in [3.63, 3.8) is 0 Å². The second-order valence-corrected chi connectivity index (χ2v) is 8.36. The number of hydrogen-bond donors (Lipinski definition) is 1. The Kier molecular flexibility index (Phi) is 5.02. The number of methoxy groups -OCH3 is 1. The van der Waals surface area contributed by atoms with E-state index in [4.69, 9.17) is 4.74 Å². The van der Waals surface area contributed by atoms with E-state index < -0.39 is 0 Å². The summed E-state index contributed by atoms with van der Waals surface area (Å²) in [6, 6.07) is 5.95. The van der Waals surface area contributed by atoms with E-state index in [2.05, 4.69) is 47.0 Å². The molecule has 1 aliphatic rings. The summed E-state index contributed by atoms with van der Waals surface area (Å²) in [4.78, 5) is 4.59. The van der Waals surface area contributed by atoms with Gasteiger partial charge in [-0.15, -0.1) is 0 Å². The number of benzene rings is 1. The van der Waals surface area contributed by atoms with E-state index in [1.165, 1.54) is 6.42 Å². The van der Waals surface area contributed by atoms with Crippen LogP contribution in [0, 0.1) is 5.41 Å². The zero-order chi connectivity index (χ0) is 14.8. The Hall–Kier alpha value is -0.680. The maximum atomic E-state index is 5.27. The number of halogens is 1. The fraction of sp³-hybridized carbons (Fsp3) is 0.533. The van der Waals surface area contributed by atoms with Gasteiger partial charge in [-0.3, -0.25) is 4.99 Å². The predicted molar refractivity (Wildman–Crippen MR) is 92.1 cm³/mol. The topological polar surface area (TPSA) is 33.6 Å². The number of anilines is 1. The lowest BCUT2D eigenvalue weighted by atomic mass is 9.90.